The first-order valence-electron chi connectivity index (χ1n) is 14.2. The lowest BCUT2D eigenvalue weighted by Crippen LogP contribution is -2.49. The van der Waals surface area contributed by atoms with Gasteiger partial charge in [0.15, 0.2) is 0 Å². The molecular formula is C34H30F6N2O2. The van der Waals surface area contributed by atoms with Crippen LogP contribution in [0.5, 0.6) is 0 Å². The Kier molecular flexibility index (Phi) is 9.39. The highest BCUT2D eigenvalue weighted by atomic mass is 19.4. The summed E-state index contributed by atoms with van der Waals surface area (Å²) in [5.74, 6) is -0.742. The molecule has 2 atom stereocenters. The number of rotatable bonds is 8. The number of halogens is 6. The van der Waals surface area contributed by atoms with Crippen LogP contribution in [0.4, 0.5) is 26.3 Å². The third-order valence-corrected chi connectivity index (χ3v) is 7.86. The van der Waals surface area contributed by atoms with Crippen molar-refractivity contribution in [3.8, 4) is 0 Å². The van der Waals surface area contributed by atoms with Gasteiger partial charge in [0, 0.05) is 36.8 Å². The number of piperidine rings is 1. The molecule has 0 spiro atoms. The highest BCUT2D eigenvalue weighted by molar-refractivity contribution is 5.78. The van der Waals surface area contributed by atoms with Gasteiger partial charge in [0.25, 0.3) is 0 Å². The van der Waals surface area contributed by atoms with Crippen LogP contribution in [0, 0.1) is 5.92 Å². The number of hydrogen-bond donors (Lipinski definition) is 0. The third kappa shape index (κ3) is 7.66. The average molecular weight is 613 g/mol. The van der Waals surface area contributed by atoms with Gasteiger partial charge in [-0.2, -0.15) is 26.3 Å². The zero-order valence-corrected chi connectivity index (χ0v) is 23.6. The molecule has 1 aliphatic rings. The van der Waals surface area contributed by atoms with Crippen molar-refractivity contribution in [3.05, 3.63) is 137 Å². The van der Waals surface area contributed by atoms with E-state index in [1.165, 1.54) is 0 Å². The molecule has 4 aromatic rings. The summed E-state index contributed by atoms with van der Waals surface area (Å²) in [7, 11) is 0. The molecule has 0 radical (unpaired) electrons. The van der Waals surface area contributed by atoms with Crippen LogP contribution in [0.2, 0.25) is 0 Å². The molecule has 230 valence electrons. The third-order valence-electron chi connectivity index (χ3n) is 7.86. The minimum atomic E-state index is -4.95. The maximum atomic E-state index is 13.5. The van der Waals surface area contributed by atoms with Crippen LogP contribution < -0.4 is 0 Å². The fourth-order valence-corrected chi connectivity index (χ4v) is 5.80. The first-order chi connectivity index (χ1) is 21.0. The maximum absolute atomic E-state index is 13.5. The Bertz CT molecular complexity index is 1460. The van der Waals surface area contributed by atoms with Crippen molar-refractivity contribution in [2.75, 3.05) is 13.1 Å². The van der Waals surface area contributed by atoms with E-state index in [1.807, 2.05) is 60.7 Å². The second kappa shape index (κ2) is 13.2. The van der Waals surface area contributed by atoms with Gasteiger partial charge in [-0.3, -0.25) is 9.78 Å². The van der Waals surface area contributed by atoms with E-state index < -0.39 is 36.2 Å². The molecule has 1 aliphatic heterocycles. The Morgan fingerprint density at radius 2 is 1.39 bits per heavy atom. The van der Waals surface area contributed by atoms with Gasteiger partial charge in [-0.25, -0.2) is 0 Å². The molecule has 1 aromatic heterocycles. The number of likely N-dealkylation sites (tertiary alicyclic amines) is 1. The van der Waals surface area contributed by atoms with Crippen molar-refractivity contribution in [1.29, 1.82) is 0 Å². The van der Waals surface area contributed by atoms with E-state index in [0.29, 0.717) is 30.8 Å². The van der Waals surface area contributed by atoms with Gasteiger partial charge >= 0.3 is 12.4 Å². The Morgan fingerprint density at radius 1 is 0.818 bits per heavy atom. The number of pyridine rings is 1. The van der Waals surface area contributed by atoms with Gasteiger partial charge in [0.1, 0.15) is 0 Å². The predicted molar refractivity (Wildman–Crippen MR) is 152 cm³/mol. The van der Waals surface area contributed by atoms with Crippen molar-refractivity contribution in [3.63, 3.8) is 0 Å². The zero-order chi connectivity index (χ0) is 31.3. The van der Waals surface area contributed by atoms with E-state index in [0.717, 1.165) is 11.1 Å². The summed E-state index contributed by atoms with van der Waals surface area (Å²) in [4.78, 5) is 19.4. The smallest absolute Gasteiger partial charge is 0.373 e. The van der Waals surface area contributed by atoms with Crippen molar-refractivity contribution < 1.29 is 35.9 Å². The molecule has 0 saturated carbocycles. The van der Waals surface area contributed by atoms with Gasteiger partial charge in [0.05, 0.1) is 30.3 Å². The number of aromatic nitrogens is 1. The lowest BCUT2D eigenvalue weighted by Gasteiger charge is -2.42. The fourth-order valence-electron chi connectivity index (χ4n) is 5.80. The minimum absolute atomic E-state index is 0.102. The average Bonchev–Trinajstić information content (AvgIpc) is 3.01. The van der Waals surface area contributed by atoms with E-state index >= 15 is 0 Å². The minimum Gasteiger partial charge on any atom is -0.373 e. The number of amides is 1. The first-order valence-corrected chi connectivity index (χ1v) is 14.2. The van der Waals surface area contributed by atoms with E-state index in [4.69, 9.17) is 4.74 Å². The first kappa shape index (κ1) is 31.3. The van der Waals surface area contributed by atoms with E-state index in [9.17, 15) is 31.1 Å². The number of carbonyl (C=O) groups excluding carboxylic acids is 1. The van der Waals surface area contributed by atoms with Crippen LogP contribution in [0.3, 0.4) is 0 Å². The molecule has 10 heteroatoms. The normalized spacial score (nSPS) is 17.6. The Balaban J connectivity index is 1.47. The topological polar surface area (TPSA) is 42.4 Å². The summed E-state index contributed by atoms with van der Waals surface area (Å²) >= 11 is 0. The lowest BCUT2D eigenvalue weighted by atomic mass is 9.75. The quantitative estimate of drug-likeness (QED) is 0.190. The Morgan fingerprint density at radius 3 is 1.91 bits per heavy atom. The van der Waals surface area contributed by atoms with Crippen LogP contribution >= 0.6 is 0 Å². The van der Waals surface area contributed by atoms with Crippen molar-refractivity contribution in [2.45, 2.75) is 43.8 Å². The summed E-state index contributed by atoms with van der Waals surface area (Å²) in [5, 5.41) is 0. The van der Waals surface area contributed by atoms with Crippen molar-refractivity contribution in [1.82, 2.24) is 9.88 Å². The van der Waals surface area contributed by atoms with E-state index in [2.05, 4.69) is 4.98 Å². The van der Waals surface area contributed by atoms with Gasteiger partial charge < -0.3 is 9.64 Å². The predicted octanol–water partition coefficient (Wildman–Crippen LogP) is 7.93. The largest absolute Gasteiger partial charge is 0.416 e. The summed E-state index contributed by atoms with van der Waals surface area (Å²) in [6.45, 7) is 0.146. The van der Waals surface area contributed by atoms with E-state index in [1.54, 1.807) is 29.3 Å². The van der Waals surface area contributed by atoms with Gasteiger partial charge in [0.2, 0.25) is 5.91 Å². The zero-order valence-electron chi connectivity index (χ0n) is 23.6. The van der Waals surface area contributed by atoms with Gasteiger partial charge in [-0.05, 0) is 53.4 Å². The monoisotopic (exact) mass is 612 g/mol. The molecule has 0 unspecified atom stereocenters. The number of ether oxygens (including phenoxy) is 1. The van der Waals surface area contributed by atoms with Crippen molar-refractivity contribution >= 4 is 5.91 Å². The molecular weight excluding hydrogens is 582 g/mol. The van der Waals surface area contributed by atoms with Crippen molar-refractivity contribution in [2.24, 2.45) is 5.92 Å². The SMILES string of the molecule is O=C(Cc1ccccn1)N1CC[C@@H](OCc2cc(C(F)(F)F)cc(C(F)(F)F)c2)[C@@H](C(c2ccccc2)c2ccccc2)C1. The number of benzene rings is 3. The number of nitrogens with zero attached hydrogens (tertiary/aromatic N) is 2. The van der Waals surface area contributed by atoms with E-state index in [-0.39, 0.29) is 42.3 Å². The van der Waals surface area contributed by atoms with Crippen LogP contribution in [0.1, 0.15) is 45.8 Å². The molecule has 0 bridgehead atoms. The summed E-state index contributed by atoms with van der Waals surface area (Å²) < 4.78 is 87.2. The number of hydrogen-bond acceptors (Lipinski definition) is 3. The molecule has 1 amide bonds. The molecule has 0 aliphatic carbocycles. The number of alkyl halides is 6. The summed E-state index contributed by atoms with van der Waals surface area (Å²) in [6.07, 6.45) is -8.41. The van der Waals surface area contributed by atoms with Crippen LogP contribution in [-0.2, 0) is 34.9 Å². The van der Waals surface area contributed by atoms with Gasteiger partial charge in [-0.1, -0.05) is 66.7 Å². The maximum Gasteiger partial charge on any atom is 0.416 e. The Hall–Kier alpha value is -4.18. The van der Waals surface area contributed by atoms with Crippen LogP contribution in [-0.4, -0.2) is 35.0 Å². The van der Waals surface area contributed by atoms with Crippen LogP contribution in [0.25, 0.3) is 0 Å². The lowest BCUT2D eigenvalue weighted by molar-refractivity contribution is -0.143. The highest BCUT2D eigenvalue weighted by Gasteiger charge is 2.40. The molecule has 1 fully saturated rings. The highest BCUT2D eigenvalue weighted by Crippen LogP contribution is 2.40. The fraction of sp³-hybridized carbons (Fsp3) is 0.294. The molecule has 5 rings (SSSR count). The molecule has 2 heterocycles. The van der Waals surface area contributed by atoms with Crippen LogP contribution in [0.15, 0.2) is 103 Å². The molecule has 3 aromatic carbocycles. The Labute approximate surface area is 251 Å². The molecule has 1 saturated heterocycles. The second-order valence-corrected chi connectivity index (χ2v) is 10.9. The summed E-state index contributed by atoms with van der Waals surface area (Å²) in [5.41, 5.74) is -0.465. The molecule has 0 N–H and O–H groups in total. The number of carbonyl (C=O) groups is 1. The second-order valence-electron chi connectivity index (χ2n) is 10.9. The summed E-state index contributed by atoms with van der Waals surface area (Å²) in [6, 6.07) is 26.1. The van der Waals surface area contributed by atoms with Gasteiger partial charge in [-0.15, -0.1) is 0 Å². The molecule has 4 nitrogen and oxygen atoms in total. The molecule has 44 heavy (non-hydrogen) atoms. The standard InChI is InChI=1S/C34H30F6N2O2/c35-33(36,37)26-17-23(18-27(19-26)34(38,39)40)22-44-30-14-16-42(31(43)20-28-13-7-8-15-41-28)21-29(30)32(24-9-3-1-4-10-24)25-11-5-2-6-12-25/h1-13,15,17-19,29-30,32H,14,16,20-22H2/t29-,30+/m0/s1.